The minimum Gasteiger partial charge on any atom is -0.493 e. The zero-order chi connectivity index (χ0) is 14.9. The van der Waals surface area contributed by atoms with Crippen LogP contribution in [0.3, 0.4) is 0 Å². The molecular formula is C14H17NO4S. The predicted octanol–water partition coefficient (Wildman–Crippen LogP) is 2.36. The maximum Gasteiger partial charge on any atom is 0.267 e. The number of hydrogen-bond acceptors (Lipinski definition) is 4. The summed E-state index contributed by atoms with van der Waals surface area (Å²) in [5.41, 5.74) is 1.56. The molecule has 0 radical (unpaired) electrons. The van der Waals surface area contributed by atoms with Crippen molar-refractivity contribution < 1.29 is 17.9 Å². The van der Waals surface area contributed by atoms with Crippen LogP contribution in [0.2, 0.25) is 0 Å². The molecule has 1 aromatic heterocycles. The molecule has 5 nitrogen and oxygen atoms in total. The minimum atomic E-state index is -3.63. The Kier molecular flexibility index (Phi) is 3.76. The zero-order valence-corrected chi connectivity index (χ0v) is 12.7. The summed E-state index contributed by atoms with van der Waals surface area (Å²) in [6, 6.07) is 6.37. The lowest BCUT2D eigenvalue weighted by Crippen LogP contribution is -2.13. The summed E-state index contributed by atoms with van der Waals surface area (Å²) in [4.78, 5) is 0.161. The molecule has 20 heavy (non-hydrogen) atoms. The Morgan fingerprint density at radius 1 is 1.00 bits per heavy atom. The average Bonchev–Trinajstić information content (AvgIpc) is 2.77. The summed E-state index contributed by atoms with van der Waals surface area (Å²) in [5, 5.41) is 0. The molecule has 0 N–H and O–H groups in total. The van der Waals surface area contributed by atoms with Gasteiger partial charge in [0.2, 0.25) is 0 Å². The fraction of sp³-hybridized carbons (Fsp3) is 0.286. The Labute approximate surface area is 118 Å². The minimum absolute atomic E-state index is 0.161. The van der Waals surface area contributed by atoms with Gasteiger partial charge >= 0.3 is 0 Å². The lowest BCUT2D eigenvalue weighted by molar-refractivity contribution is 0.354. The van der Waals surface area contributed by atoms with Gasteiger partial charge in [-0.2, -0.15) is 0 Å². The second kappa shape index (κ2) is 5.20. The lowest BCUT2D eigenvalue weighted by Gasteiger charge is -2.11. The molecule has 0 spiro atoms. The maximum atomic E-state index is 12.6. The summed E-state index contributed by atoms with van der Waals surface area (Å²) in [6.07, 6.45) is 1.60. The fourth-order valence-corrected chi connectivity index (χ4v) is 3.53. The van der Waals surface area contributed by atoms with Crippen LogP contribution in [0.25, 0.3) is 0 Å². The number of aryl methyl sites for hydroxylation is 2. The highest BCUT2D eigenvalue weighted by Gasteiger charge is 2.20. The SMILES string of the molecule is COc1ccc(S(=O)(=O)n2cc(C)cc2C)cc1OC. The topological polar surface area (TPSA) is 57.5 Å². The van der Waals surface area contributed by atoms with Gasteiger partial charge in [0.1, 0.15) is 0 Å². The van der Waals surface area contributed by atoms with Crippen LogP contribution in [-0.4, -0.2) is 26.6 Å². The molecule has 108 valence electrons. The standard InChI is InChI=1S/C14H17NO4S/c1-10-7-11(2)15(9-10)20(16,17)12-5-6-13(18-3)14(8-12)19-4/h5-9H,1-4H3. The van der Waals surface area contributed by atoms with Crippen LogP contribution in [0.4, 0.5) is 0 Å². The Morgan fingerprint density at radius 2 is 1.65 bits per heavy atom. The van der Waals surface area contributed by atoms with E-state index < -0.39 is 10.0 Å². The van der Waals surface area contributed by atoms with Crippen molar-refractivity contribution >= 4 is 10.0 Å². The van der Waals surface area contributed by atoms with Crippen LogP contribution >= 0.6 is 0 Å². The lowest BCUT2D eigenvalue weighted by atomic mass is 10.3. The van der Waals surface area contributed by atoms with Gasteiger partial charge in [0.05, 0.1) is 19.1 Å². The first-order valence-electron chi connectivity index (χ1n) is 6.03. The number of aromatic nitrogens is 1. The van der Waals surface area contributed by atoms with E-state index in [0.29, 0.717) is 17.2 Å². The van der Waals surface area contributed by atoms with E-state index in [1.807, 2.05) is 13.0 Å². The molecule has 0 aliphatic rings. The van der Waals surface area contributed by atoms with Crippen LogP contribution in [0.1, 0.15) is 11.3 Å². The van der Waals surface area contributed by atoms with Gasteiger partial charge in [-0.1, -0.05) is 0 Å². The molecule has 0 unspecified atom stereocenters. The first-order valence-corrected chi connectivity index (χ1v) is 7.47. The number of hydrogen-bond donors (Lipinski definition) is 0. The Hall–Kier alpha value is -1.95. The Bertz CT molecular complexity index is 732. The maximum absolute atomic E-state index is 12.6. The van der Waals surface area contributed by atoms with Crippen LogP contribution in [-0.2, 0) is 10.0 Å². The number of benzene rings is 1. The fourth-order valence-electron chi connectivity index (χ4n) is 2.07. The summed E-state index contributed by atoms with van der Waals surface area (Å²) < 4.78 is 36.7. The van der Waals surface area contributed by atoms with Crippen LogP contribution < -0.4 is 9.47 Å². The highest BCUT2D eigenvalue weighted by Crippen LogP contribution is 2.30. The van der Waals surface area contributed by atoms with Crippen LogP contribution in [0.5, 0.6) is 11.5 Å². The summed E-state index contributed by atoms with van der Waals surface area (Å²) >= 11 is 0. The summed E-state index contributed by atoms with van der Waals surface area (Å²) in [5.74, 6) is 0.877. The molecule has 0 bridgehead atoms. The molecule has 0 aliphatic heterocycles. The Balaban J connectivity index is 2.58. The van der Waals surface area contributed by atoms with Gasteiger partial charge in [-0.25, -0.2) is 12.4 Å². The molecule has 2 aromatic rings. The van der Waals surface area contributed by atoms with Gasteiger partial charge in [-0.15, -0.1) is 0 Å². The van der Waals surface area contributed by atoms with Gasteiger partial charge in [0.15, 0.2) is 11.5 Å². The van der Waals surface area contributed by atoms with E-state index in [-0.39, 0.29) is 4.90 Å². The third-order valence-corrected chi connectivity index (χ3v) is 4.78. The van der Waals surface area contributed by atoms with Crippen molar-refractivity contribution in [1.29, 1.82) is 0 Å². The van der Waals surface area contributed by atoms with Crippen molar-refractivity contribution in [2.24, 2.45) is 0 Å². The molecule has 0 fully saturated rings. The number of rotatable bonds is 4. The highest BCUT2D eigenvalue weighted by atomic mass is 32.2. The van der Waals surface area contributed by atoms with Crippen LogP contribution in [0.15, 0.2) is 35.4 Å². The molecule has 2 rings (SSSR count). The second-order valence-corrected chi connectivity index (χ2v) is 6.29. The summed E-state index contributed by atoms with van der Waals surface area (Å²) in [6.45, 7) is 3.61. The van der Waals surface area contributed by atoms with Crippen molar-refractivity contribution in [2.45, 2.75) is 18.7 Å². The van der Waals surface area contributed by atoms with E-state index in [0.717, 1.165) is 5.56 Å². The van der Waals surface area contributed by atoms with Gasteiger partial charge in [-0.05, 0) is 37.6 Å². The highest BCUT2D eigenvalue weighted by molar-refractivity contribution is 7.90. The Morgan fingerprint density at radius 3 is 2.15 bits per heavy atom. The molecule has 0 saturated carbocycles. The number of nitrogens with zero attached hydrogens (tertiary/aromatic N) is 1. The van der Waals surface area contributed by atoms with Crippen molar-refractivity contribution in [3.05, 3.63) is 41.7 Å². The molecule has 0 atom stereocenters. The molecular weight excluding hydrogens is 278 g/mol. The summed E-state index contributed by atoms with van der Waals surface area (Å²) in [7, 11) is -0.648. The van der Waals surface area contributed by atoms with Crippen LogP contribution in [0, 0.1) is 13.8 Å². The quantitative estimate of drug-likeness (QED) is 0.869. The monoisotopic (exact) mass is 295 g/mol. The molecule has 0 amide bonds. The molecule has 6 heteroatoms. The van der Waals surface area contributed by atoms with E-state index >= 15 is 0 Å². The van der Waals surface area contributed by atoms with Crippen molar-refractivity contribution in [3.8, 4) is 11.5 Å². The number of methoxy groups -OCH3 is 2. The first-order chi connectivity index (χ1) is 9.40. The van der Waals surface area contributed by atoms with E-state index in [4.69, 9.17) is 9.47 Å². The van der Waals surface area contributed by atoms with Gasteiger partial charge in [0.25, 0.3) is 10.0 Å². The van der Waals surface area contributed by atoms with E-state index in [2.05, 4.69) is 0 Å². The molecule has 1 aromatic carbocycles. The smallest absolute Gasteiger partial charge is 0.267 e. The number of ether oxygens (including phenoxy) is 2. The molecule has 0 saturated heterocycles. The van der Waals surface area contributed by atoms with Gasteiger partial charge in [0, 0.05) is 18.0 Å². The largest absolute Gasteiger partial charge is 0.493 e. The van der Waals surface area contributed by atoms with Gasteiger partial charge < -0.3 is 9.47 Å². The van der Waals surface area contributed by atoms with Crippen molar-refractivity contribution in [1.82, 2.24) is 3.97 Å². The van der Waals surface area contributed by atoms with Crippen molar-refractivity contribution in [2.75, 3.05) is 14.2 Å². The normalized spacial score (nSPS) is 11.4. The van der Waals surface area contributed by atoms with Gasteiger partial charge in [-0.3, -0.25) is 0 Å². The molecule has 1 heterocycles. The van der Waals surface area contributed by atoms with Crippen molar-refractivity contribution in [3.63, 3.8) is 0 Å². The molecule has 0 aliphatic carbocycles. The first kappa shape index (κ1) is 14.5. The van der Waals surface area contributed by atoms with E-state index in [1.54, 1.807) is 19.2 Å². The zero-order valence-electron chi connectivity index (χ0n) is 11.9. The predicted molar refractivity (Wildman–Crippen MR) is 76.0 cm³/mol. The average molecular weight is 295 g/mol. The third kappa shape index (κ3) is 2.38. The van der Waals surface area contributed by atoms with E-state index in [9.17, 15) is 8.42 Å². The van der Waals surface area contributed by atoms with E-state index in [1.165, 1.54) is 30.3 Å². The third-order valence-electron chi connectivity index (χ3n) is 3.02. The second-order valence-electron chi connectivity index (χ2n) is 4.48.